The Morgan fingerprint density at radius 1 is 1.31 bits per heavy atom. The van der Waals surface area contributed by atoms with Crippen LogP contribution < -0.4 is 4.90 Å². The molecule has 0 aromatic carbocycles. The van der Waals surface area contributed by atoms with Crippen molar-refractivity contribution in [3.8, 4) is 6.07 Å². The van der Waals surface area contributed by atoms with Gasteiger partial charge >= 0.3 is 0 Å². The quantitative estimate of drug-likeness (QED) is 0.761. The third kappa shape index (κ3) is 1.98. The molecule has 0 atom stereocenters. The van der Waals surface area contributed by atoms with Crippen molar-refractivity contribution >= 4 is 11.5 Å². The van der Waals surface area contributed by atoms with Crippen molar-refractivity contribution in [3.05, 3.63) is 48.4 Å². The van der Waals surface area contributed by atoms with Crippen LogP contribution in [-0.2, 0) is 0 Å². The number of aromatic nitrogens is 2. The van der Waals surface area contributed by atoms with Gasteiger partial charge in [0.25, 0.3) is 0 Å². The minimum absolute atomic E-state index is 0.598. The van der Waals surface area contributed by atoms with E-state index < -0.39 is 0 Å². The third-order valence-corrected chi connectivity index (χ3v) is 2.25. The molecule has 0 spiro atoms. The molecule has 16 heavy (non-hydrogen) atoms. The average Bonchev–Trinajstić information content (AvgIpc) is 2.39. The highest BCUT2D eigenvalue weighted by molar-refractivity contribution is 5.59. The highest BCUT2D eigenvalue weighted by Crippen LogP contribution is 2.20. The van der Waals surface area contributed by atoms with Crippen LogP contribution in [-0.4, -0.2) is 17.0 Å². The standard InChI is InChI=1S/C12H10N4/c1-16(11-3-2-5-14-9-11)12-7-10(8-13)4-6-15-12/h2-7,9H,1H3. The molecule has 0 fully saturated rings. The van der Waals surface area contributed by atoms with E-state index in [0.29, 0.717) is 5.56 Å². The molecule has 0 bridgehead atoms. The van der Waals surface area contributed by atoms with Gasteiger partial charge in [0.2, 0.25) is 0 Å². The summed E-state index contributed by atoms with van der Waals surface area (Å²) in [6, 6.07) is 9.31. The minimum atomic E-state index is 0.598. The van der Waals surface area contributed by atoms with Crippen LogP contribution in [0.3, 0.4) is 0 Å². The number of pyridine rings is 2. The van der Waals surface area contributed by atoms with Gasteiger partial charge in [-0.05, 0) is 24.3 Å². The van der Waals surface area contributed by atoms with Gasteiger partial charge < -0.3 is 4.90 Å². The highest BCUT2D eigenvalue weighted by Gasteiger charge is 2.05. The smallest absolute Gasteiger partial charge is 0.134 e. The average molecular weight is 210 g/mol. The zero-order valence-electron chi connectivity index (χ0n) is 8.83. The molecule has 0 aliphatic carbocycles. The second-order valence-electron chi connectivity index (χ2n) is 3.28. The summed E-state index contributed by atoms with van der Waals surface area (Å²) in [4.78, 5) is 10.1. The lowest BCUT2D eigenvalue weighted by Crippen LogP contribution is -2.11. The SMILES string of the molecule is CN(c1cccnc1)c1cc(C#N)ccn1. The molecule has 78 valence electrons. The first-order valence-electron chi connectivity index (χ1n) is 4.81. The van der Waals surface area contributed by atoms with Crippen LogP contribution in [0.1, 0.15) is 5.56 Å². The fourth-order valence-corrected chi connectivity index (χ4v) is 1.36. The molecule has 2 rings (SSSR count). The summed E-state index contributed by atoms with van der Waals surface area (Å²) in [6.45, 7) is 0. The molecular weight excluding hydrogens is 200 g/mol. The van der Waals surface area contributed by atoms with E-state index in [-0.39, 0.29) is 0 Å². The van der Waals surface area contributed by atoms with Crippen molar-refractivity contribution < 1.29 is 0 Å². The van der Waals surface area contributed by atoms with Crippen LogP contribution in [0.5, 0.6) is 0 Å². The third-order valence-electron chi connectivity index (χ3n) is 2.25. The van der Waals surface area contributed by atoms with Crippen LogP contribution in [0, 0.1) is 11.3 Å². The molecule has 2 aromatic heterocycles. The summed E-state index contributed by atoms with van der Waals surface area (Å²) in [5.41, 5.74) is 1.53. The molecule has 0 aliphatic rings. The van der Waals surface area contributed by atoms with Crippen LogP contribution in [0.15, 0.2) is 42.9 Å². The number of rotatable bonds is 2. The number of nitriles is 1. The Hall–Kier alpha value is -2.41. The number of anilines is 2. The minimum Gasteiger partial charge on any atom is -0.328 e. The van der Waals surface area contributed by atoms with Crippen molar-refractivity contribution in [3.63, 3.8) is 0 Å². The molecule has 0 amide bonds. The van der Waals surface area contributed by atoms with Crippen molar-refractivity contribution in [2.45, 2.75) is 0 Å². The van der Waals surface area contributed by atoms with Gasteiger partial charge in [-0.2, -0.15) is 5.26 Å². The largest absolute Gasteiger partial charge is 0.328 e. The van der Waals surface area contributed by atoms with Gasteiger partial charge in [0.15, 0.2) is 0 Å². The zero-order valence-corrected chi connectivity index (χ0v) is 8.83. The van der Waals surface area contributed by atoms with Gasteiger partial charge in [-0.25, -0.2) is 4.98 Å². The van der Waals surface area contributed by atoms with E-state index in [9.17, 15) is 0 Å². The van der Waals surface area contributed by atoms with Crippen molar-refractivity contribution in [2.75, 3.05) is 11.9 Å². The van der Waals surface area contributed by atoms with Crippen LogP contribution >= 0.6 is 0 Å². The van der Waals surface area contributed by atoms with Crippen molar-refractivity contribution in [2.24, 2.45) is 0 Å². The normalized spacial score (nSPS) is 9.50. The Morgan fingerprint density at radius 2 is 2.19 bits per heavy atom. The van der Waals surface area contributed by atoms with Gasteiger partial charge in [0.1, 0.15) is 5.82 Å². The summed E-state index contributed by atoms with van der Waals surface area (Å²) in [5.74, 6) is 0.729. The van der Waals surface area contributed by atoms with E-state index in [1.807, 2.05) is 24.1 Å². The molecule has 4 heteroatoms. The molecule has 0 unspecified atom stereocenters. The first-order chi connectivity index (χ1) is 7.81. The lowest BCUT2D eigenvalue weighted by atomic mass is 10.3. The number of hydrogen-bond donors (Lipinski definition) is 0. The van der Waals surface area contributed by atoms with Gasteiger partial charge in [-0.3, -0.25) is 4.98 Å². The lowest BCUT2D eigenvalue weighted by molar-refractivity contribution is 1.11. The predicted octanol–water partition coefficient (Wildman–Crippen LogP) is 2.12. The van der Waals surface area contributed by atoms with Gasteiger partial charge in [0, 0.05) is 19.4 Å². The summed E-state index contributed by atoms with van der Waals surface area (Å²) < 4.78 is 0. The van der Waals surface area contributed by atoms with E-state index in [1.54, 1.807) is 30.7 Å². The summed E-state index contributed by atoms with van der Waals surface area (Å²) in [7, 11) is 1.89. The first-order valence-corrected chi connectivity index (χ1v) is 4.81. The van der Waals surface area contributed by atoms with Crippen LogP contribution in [0.4, 0.5) is 11.5 Å². The Labute approximate surface area is 93.8 Å². The Kier molecular flexibility index (Phi) is 2.79. The van der Waals surface area contributed by atoms with Gasteiger partial charge in [0.05, 0.1) is 23.5 Å². The van der Waals surface area contributed by atoms with E-state index in [2.05, 4.69) is 16.0 Å². The van der Waals surface area contributed by atoms with Gasteiger partial charge in [-0.1, -0.05) is 0 Å². The molecule has 0 N–H and O–H groups in total. The summed E-state index contributed by atoms with van der Waals surface area (Å²) >= 11 is 0. The Morgan fingerprint density at radius 3 is 2.88 bits per heavy atom. The van der Waals surface area contributed by atoms with Crippen molar-refractivity contribution in [1.29, 1.82) is 5.26 Å². The maximum Gasteiger partial charge on any atom is 0.134 e. The number of hydrogen-bond acceptors (Lipinski definition) is 4. The molecule has 0 radical (unpaired) electrons. The molecular formula is C12H10N4. The van der Waals surface area contributed by atoms with E-state index in [0.717, 1.165) is 11.5 Å². The molecule has 2 aromatic rings. The maximum absolute atomic E-state index is 8.81. The van der Waals surface area contributed by atoms with Crippen LogP contribution in [0.25, 0.3) is 0 Å². The summed E-state index contributed by atoms with van der Waals surface area (Å²) in [6.07, 6.45) is 5.10. The molecule has 4 nitrogen and oxygen atoms in total. The fourth-order valence-electron chi connectivity index (χ4n) is 1.36. The van der Waals surface area contributed by atoms with E-state index in [4.69, 9.17) is 5.26 Å². The predicted molar refractivity (Wildman–Crippen MR) is 61.3 cm³/mol. The lowest BCUT2D eigenvalue weighted by Gasteiger charge is -2.17. The Bertz CT molecular complexity index is 516. The van der Waals surface area contributed by atoms with E-state index >= 15 is 0 Å². The second-order valence-corrected chi connectivity index (χ2v) is 3.28. The van der Waals surface area contributed by atoms with Gasteiger partial charge in [-0.15, -0.1) is 0 Å². The monoisotopic (exact) mass is 210 g/mol. The molecule has 2 heterocycles. The topological polar surface area (TPSA) is 52.8 Å². The van der Waals surface area contributed by atoms with E-state index in [1.165, 1.54) is 0 Å². The summed E-state index contributed by atoms with van der Waals surface area (Å²) in [5, 5.41) is 8.81. The molecule has 0 aliphatic heterocycles. The molecule has 0 saturated carbocycles. The first kappa shape index (κ1) is 10.1. The van der Waals surface area contributed by atoms with Crippen LogP contribution in [0.2, 0.25) is 0 Å². The fraction of sp³-hybridized carbons (Fsp3) is 0.0833. The number of nitrogens with zero attached hydrogens (tertiary/aromatic N) is 4. The zero-order chi connectivity index (χ0) is 11.4. The second kappa shape index (κ2) is 4.41. The maximum atomic E-state index is 8.81. The Balaban J connectivity index is 2.35. The molecule has 0 saturated heterocycles. The van der Waals surface area contributed by atoms with Crippen molar-refractivity contribution in [1.82, 2.24) is 9.97 Å². The highest BCUT2D eigenvalue weighted by atomic mass is 15.2.